The van der Waals surface area contributed by atoms with Crippen molar-refractivity contribution in [2.45, 2.75) is 138 Å². The van der Waals surface area contributed by atoms with Gasteiger partial charge in [0.1, 0.15) is 29.8 Å². The van der Waals surface area contributed by atoms with Gasteiger partial charge < -0.3 is 25.0 Å². The van der Waals surface area contributed by atoms with Crippen molar-refractivity contribution in [2.24, 2.45) is 17.8 Å². The second-order valence-corrected chi connectivity index (χ2v) is 17.6. The van der Waals surface area contributed by atoms with E-state index in [2.05, 4.69) is 21.9 Å². The Morgan fingerprint density at radius 1 is 0.923 bits per heavy atom. The quantitative estimate of drug-likeness (QED) is 0.354. The minimum Gasteiger partial charge on any atom is -0.473 e. The zero-order chi connectivity index (χ0) is 36.6. The van der Waals surface area contributed by atoms with E-state index in [1.807, 2.05) is 0 Å². The first-order chi connectivity index (χ1) is 25.0. The topological polar surface area (TPSA) is 182 Å². The predicted molar refractivity (Wildman–Crippen MR) is 189 cm³/mol. The van der Waals surface area contributed by atoms with Crippen molar-refractivity contribution in [2.75, 3.05) is 6.54 Å². The molecule has 7 rings (SSSR count). The molecule has 4 aliphatic carbocycles. The average Bonchev–Trinajstić information content (AvgIpc) is 3.90. The van der Waals surface area contributed by atoms with Gasteiger partial charge in [-0.1, -0.05) is 37.8 Å². The second kappa shape index (κ2) is 14.9. The summed E-state index contributed by atoms with van der Waals surface area (Å²) in [6.07, 6.45) is 10.5. The molecule has 4 saturated carbocycles. The fraction of sp³-hybridized carbons (Fsp3) is 0.703. The highest BCUT2D eigenvalue weighted by Crippen LogP contribution is 2.45. The molecule has 52 heavy (non-hydrogen) atoms. The number of hydrogen-bond acceptors (Lipinski definition) is 9. The van der Waals surface area contributed by atoms with Gasteiger partial charge in [-0.2, -0.15) is 0 Å². The third-order valence-corrected chi connectivity index (χ3v) is 13.9. The van der Waals surface area contributed by atoms with Crippen LogP contribution in [0, 0.1) is 17.8 Å². The van der Waals surface area contributed by atoms with Crippen LogP contribution in [0.25, 0.3) is 0 Å². The number of ether oxygens (including phenoxy) is 2. The SMILES string of the molecule is C=C[C@@H]1C[C@]1(NC(=O)[C@@H]1C[C@@H]2CN1C(=O)[C@H](C1CCCC1)NC(=O)O[C@@H]1CCC[C@H]1CCCCCn1c(cccc1=O)O2)C(=O)NS(=O)(=O)C1CC1. The van der Waals surface area contributed by atoms with Crippen LogP contribution in [-0.4, -0.2) is 83.3 Å². The number of amides is 4. The molecule has 0 radical (unpaired) electrons. The zero-order valence-electron chi connectivity index (χ0n) is 29.6. The molecule has 1 aromatic rings. The van der Waals surface area contributed by atoms with Crippen LogP contribution in [0.15, 0.2) is 35.6 Å². The summed E-state index contributed by atoms with van der Waals surface area (Å²) in [5.74, 6) is -2.02. The Morgan fingerprint density at radius 2 is 1.65 bits per heavy atom. The molecule has 2 bridgehead atoms. The molecule has 1 saturated heterocycles. The maximum absolute atomic E-state index is 14.7. The standard InChI is InChI=1S/C37H51N5O9S/c1-2-25-21-37(25,35(46)40-52(48,49)27-17-18-27)39-33(44)28-20-26-22-42(28)34(45)32(24-11-5-6-12-24)38-36(47)51-29-14-8-13-23(29)10-4-3-7-19-41-30(43)15-9-16-31(41)50-26/h2,9,15-16,23-29,32H,1,3-8,10-14,17-22H2,(H,38,47)(H,39,44)(H,40,46)/t23-,25-,26-,28+,29-,32+,37-/m1/s1. The van der Waals surface area contributed by atoms with Crippen LogP contribution in [0.4, 0.5) is 4.79 Å². The highest BCUT2D eigenvalue weighted by molar-refractivity contribution is 7.91. The Morgan fingerprint density at radius 3 is 2.38 bits per heavy atom. The lowest BCUT2D eigenvalue weighted by Crippen LogP contribution is -2.59. The van der Waals surface area contributed by atoms with Gasteiger partial charge in [-0.3, -0.25) is 28.5 Å². The zero-order valence-corrected chi connectivity index (χ0v) is 30.4. The number of nitrogens with one attached hydrogen (secondary N) is 3. The molecule has 5 fully saturated rings. The lowest BCUT2D eigenvalue weighted by molar-refractivity contribution is -0.142. The van der Waals surface area contributed by atoms with Crippen LogP contribution in [-0.2, 0) is 35.7 Å². The molecule has 7 atom stereocenters. The van der Waals surface area contributed by atoms with Crippen LogP contribution >= 0.6 is 0 Å². The van der Waals surface area contributed by atoms with Gasteiger partial charge in [0.05, 0.1) is 11.8 Å². The van der Waals surface area contributed by atoms with Crippen molar-refractivity contribution in [1.82, 2.24) is 24.8 Å². The van der Waals surface area contributed by atoms with E-state index in [4.69, 9.17) is 9.47 Å². The summed E-state index contributed by atoms with van der Waals surface area (Å²) in [4.78, 5) is 70.4. The summed E-state index contributed by atoms with van der Waals surface area (Å²) in [7, 11) is -3.89. The van der Waals surface area contributed by atoms with Crippen molar-refractivity contribution >= 4 is 33.8 Å². The molecule has 6 aliphatic rings. The lowest BCUT2D eigenvalue weighted by atomic mass is 9.96. The van der Waals surface area contributed by atoms with E-state index >= 15 is 0 Å². The van der Waals surface area contributed by atoms with E-state index in [9.17, 15) is 32.4 Å². The van der Waals surface area contributed by atoms with E-state index < -0.39 is 68.7 Å². The molecule has 15 heteroatoms. The highest BCUT2D eigenvalue weighted by atomic mass is 32.2. The average molecular weight is 742 g/mol. The summed E-state index contributed by atoms with van der Waals surface area (Å²) >= 11 is 0. The van der Waals surface area contributed by atoms with Crippen LogP contribution < -0.4 is 25.7 Å². The molecule has 3 N–H and O–H groups in total. The molecule has 284 valence electrons. The number of carbonyl (C=O) groups excluding carboxylic acids is 4. The summed E-state index contributed by atoms with van der Waals surface area (Å²) in [6, 6.07) is 2.75. The maximum Gasteiger partial charge on any atom is 0.408 e. The van der Waals surface area contributed by atoms with Gasteiger partial charge in [0.15, 0.2) is 5.88 Å². The fourth-order valence-electron chi connectivity index (χ4n) is 8.88. The number of aromatic nitrogens is 1. The summed E-state index contributed by atoms with van der Waals surface area (Å²) < 4.78 is 41.6. The van der Waals surface area contributed by atoms with Gasteiger partial charge >= 0.3 is 6.09 Å². The third-order valence-electron chi connectivity index (χ3n) is 12.1. The molecular weight excluding hydrogens is 691 g/mol. The molecule has 0 aromatic carbocycles. The van der Waals surface area contributed by atoms with Gasteiger partial charge in [-0.15, -0.1) is 6.58 Å². The Hall–Kier alpha value is -3.88. The van der Waals surface area contributed by atoms with E-state index in [0.29, 0.717) is 25.3 Å². The van der Waals surface area contributed by atoms with E-state index in [1.165, 1.54) is 17.0 Å². The smallest absolute Gasteiger partial charge is 0.408 e. The Balaban J connectivity index is 1.19. The van der Waals surface area contributed by atoms with Crippen LogP contribution in [0.2, 0.25) is 0 Å². The fourth-order valence-corrected chi connectivity index (χ4v) is 10.2. The van der Waals surface area contributed by atoms with Crippen molar-refractivity contribution < 1.29 is 37.1 Å². The second-order valence-electron chi connectivity index (χ2n) is 15.7. The van der Waals surface area contributed by atoms with E-state index in [1.54, 1.807) is 16.7 Å². The lowest BCUT2D eigenvalue weighted by Gasteiger charge is -2.32. The number of hydrogen-bond donors (Lipinski definition) is 3. The van der Waals surface area contributed by atoms with Gasteiger partial charge in [-0.25, -0.2) is 13.2 Å². The van der Waals surface area contributed by atoms with Gasteiger partial charge in [0, 0.05) is 24.9 Å². The van der Waals surface area contributed by atoms with Crippen molar-refractivity contribution in [3.63, 3.8) is 0 Å². The van der Waals surface area contributed by atoms with Crippen molar-refractivity contribution in [3.05, 3.63) is 41.2 Å². The number of fused-ring (bicyclic) bond motifs is 4. The van der Waals surface area contributed by atoms with Crippen LogP contribution in [0.3, 0.4) is 0 Å². The third kappa shape index (κ3) is 7.60. The first-order valence-electron chi connectivity index (χ1n) is 19.1. The normalized spacial score (nSPS) is 33.0. The number of sulfonamides is 1. The molecular formula is C37H51N5O9S. The van der Waals surface area contributed by atoms with Gasteiger partial charge in [-0.05, 0) is 82.1 Å². The Labute approximate surface area is 304 Å². The molecule has 3 heterocycles. The van der Waals surface area contributed by atoms with E-state index in [-0.39, 0.29) is 42.9 Å². The molecule has 0 spiro atoms. The van der Waals surface area contributed by atoms with Crippen molar-refractivity contribution in [1.29, 1.82) is 0 Å². The minimum atomic E-state index is -3.89. The number of nitrogens with zero attached hydrogens (tertiary/aromatic N) is 2. The van der Waals surface area contributed by atoms with Crippen LogP contribution in [0.5, 0.6) is 5.88 Å². The minimum absolute atomic E-state index is 0.00913. The number of rotatable bonds is 7. The molecule has 14 nitrogen and oxygen atoms in total. The predicted octanol–water partition coefficient (Wildman–Crippen LogP) is 2.89. The molecule has 4 amide bonds. The number of alkyl carbamates (subject to hydrolysis) is 1. The number of pyridine rings is 1. The summed E-state index contributed by atoms with van der Waals surface area (Å²) in [5.41, 5.74) is -1.75. The summed E-state index contributed by atoms with van der Waals surface area (Å²) in [6.45, 7) is 4.21. The first-order valence-corrected chi connectivity index (χ1v) is 20.7. The highest BCUT2D eigenvalue weighted by Gasteiger charge is 2.62. The first kappa shape index (κ1) is 36.5. The largest absolute Gasteiger partial charge is 0.473 e. The van der Waals surface area contributed by atoms with Crippen molar-refractivity contribution in [3.8, 4) is 5.88 Å². The molecule has 1 aromatic heterocycles. The van der Waals surface area contributed by atoms with Gasteiger partial charge in [0.25, 0.3) is 11.5 Å². The van der Waals surface area contributed by atoms with Gasteiger partial charge in [0.2, 0.25) is 21.8 Å². The molecule has 2 aliphatic heterocycles. The van der Waals surface area contributed by atoms with Crippen LogP contribution in [0.1, 0.15) is 96.3 Å². The maximum atomic E-state index is 14.7. The molecule has 0 unspecified atom stereocenters. The Bertz CT molecular complexity index is 1740. The number of carbonyl (C=O) groups is 4. The Kier molecular flexibility index (Phi) is 10.4. The monoisotopic (exact) mass is 741 g/mol. The summed E-state index contributed by atoms with van der Waals surface area (Å²) in [5, 5.41) is 5.10. The van der Waals surface area contributed by atoms with E-state index in [0.717, 1.165) is 70.6 Å².